The van der Waals surface area contributed by atoms with Crippen LogP contribution in [0.3, 0.4) is 0 Å². The fraction of sp³-hybridized carbons (Fsp3) is 0.462. The molecule has 1 aliphatic rings. The van der Waals surface area contributed by atoms with Crippen LogP contribution < -0.4 is 5.32 Å². The third-order valence-electron chi connectivity index (χ3n) is 3.22. The number of hydrogen-bond donors (Lipinski definition) is 1. The van der Waals surface area contributed by atoms with Gasteiger partial charge in [-0.25, -0.2) is 4.39 Å². The van der Waals surface area contributed by atoms with Gasteiger partial charge in [-0.1, -0.05) is 15.9 Å². The second kappa shape index (κ2) is 6.34. The first-order chi connectivity index (χ1) is 9.06. The molecule has 19 heavy (non-hydrogen) atoms. The summed E-state index contributed by atoms with van der Waals surface area (Å²) >= 11 is 3.20. The molecule has 1 amide bonds. The number of nitrogens with zero attached hydrogens (tertiary/aromatic N) is 2. The van der Waals surface area contributed by atoms with E-state index in [0.29, 0.717) is 10.2 Å². The van der Waals surface area contributed by atoms with E-state index in [1.54, 1.807) is 12.1 Å². The Morgan fingerprint density at radius 2 is 2.05 bits per heavy atom. The molecule has 0 unspecified atom stereocenters. The molecular weight excluding hydrogens is 313 g/mol. The average Bonchev–Trinajstić information content (AvgIpc) is 2.38. The number of benzene rings is 1. The lowest BCUT2D eigenvalue weighted by atomic mass is 10.3. The Morgan fingerprint density at radius 1 is 1.37 bits per heavy atom. The third-order valence-corrected chi connectivity index (χ3v) is 3.71. The Bertz CT molecular complexity index is 461. The van der Waals surface area contributed by atoms with Gasteiger partial charge in [0.15, 0.2) is 0 Å². The molecule has 4 nitrogen and oxygen atoms in total. The van der Waals surface area contributed by atoms with Crippen LogP contribution in [0.4, 0.5) is 10.1 Å². The molecule has 0 aromatic heterocycles. The minimum Gasteiger partial charge on any atom is -0.374 e. The van der Waals surface area contributed by atoms with Gasteiger partial charge in [-0.05, 0) is 25.2 Å². The Kier molecular flexibility index (Phi) is 4.76. The Labute approximate surface area is 120 Å². The molecule has 2 rings (SSSR count). The molecule has 1 N–H and O–H groups in total. The third kappa shape index (κ3) is 3.91. The molecule has 1 aromatic rings. The molecule has 1 heterocycles. The summed E-state index contributed by atoms with van der Waals surface area (Å²) in [7, 11) is 2.04. The van der Waals surface area contributed by atoms with Crippen molar-refractivity contribution in [1.29, 1.82) is 0 Å². The highest BCUT2D eigenvalue weighted by molar-refractivity contribution is 9.10. The van der Waals surface area contributed by atoms with Gasteiger partial charge < -0.3 is 15.1 Å². The van der Waals surface area contributed by atoms with Crippen LogP contribution in [0.25, 0.3) is 0 Å². The number of rotatable bonds is 3. The summed E-state index contributed by atoms with van der Waals surface area (Å²) in [6.07, 6.45) is 0. The summed E-state index contributed by atoms with van der Waals surface area (Å²) in [6.45, 7) is 3.37. The second-order valence-electron chi connectivity index (χ2n) is 4.66. The number of hydrogen-bond acceptors (Lipinski definition) is 3. The van der Waals surface area contributed by atoms with Crippen molar-refractivity contribution in [2.45, 2.75) is 0 Å². The molecule has 1 aliphatic heterocycles. The zero-order chi connectivity index (χ0) is 13.8. The van der Waals surface area contributed by atoms with Crippen LogP contribution in [0, 0.1) is 5.82 Å². The quantitative estimate of drug-likeness (QED) is 0.918. The Morgan fingerprint density at radius 3 is 2.68 bits per heavy atom. The standard InChI is InChI=1S/C13H17BrFN3O/c1-17-4-6-18(7-5-17)13(19)9-16-12-3-2-10(14)8-11(12)15/h2-3,8,16H,4-7,9H2,1H3. The summed E-state index contributed by atoms with van der Waals surface area (Å²) in [6, 6.07) is 4.74. The van der Waals surface area contributed by atoms with Crippen molar-refractivity contribution >= 4 is 27.5 Å². The average molecular weight is 330 g/mol. The number of likely N-dealkylation sites (N-methyl/N-ethyl adjacent to an activating group) is 1. The zero-order valence-electron chi connectivity index (χ0n) is 10.8. The van der Waals surface area contributed by atoms with Crippen molar-refractivity contribution in [1.82, 2.24) is 9.80 Å². The normalized spacial score (nSPS) is 16.5. The summed E-state index contributed by atoms with van der Waals surface area (Å²) in [4.78, 5) is 16.0. The Hall–Kier alpha value is -1.14. The van der Waals surface area contributed by atoms with Gasteiger partial charge in [-0.2, -0.15) is 0 Å². The largest absolute Gasteiger partial charge is 0.374 e. The van der Waals surface area contributed by atoms with Crippen molar-refractivity contribution in [3.05, 3.63) is 28.5 Å². The minimum absolute atomic E-state index is 0.00965. The lowest BCUT2D eigenvalue weighted by molar-refractivity contribution is -0.130. The predicted octanol–water partition coefficient (Wildman–Crippen LogP) is 1.77. The van der Waals surface area contributed by atoms with Crippen LogP contribution in [-0.2, 0) is 4.79 Å². The first-order valence-electron chi connectivity index (χ1n) is 6.21. The van der Waals surface area contributed by atoms with E-state index in [2.05, 4.69) is 26.1 Å². The number of carbonyl (C=O) groups excluding carboxylic acids is 1. The number of anilines is 1. The summed E-state index contributed by atoms with van der Waals surface area (Å²) < 4.78 is 14.3. The molecule has 0 saturated carbocycles. The predicted molar refractivity (Wildman–Crippen MR) is 76.7 cm³/mol. The van der Waals surface area contributed by atoms with Gasteiger partial charge in [0.25, 0.3) is 0 Å². The SMILES string of the molecule is CN1CCN(C(=O)CNc2ccc(Br)cc2F)CC1. The van der Waals surface area contributed by atoms with Gasteiger partial charge in [0.1, 0.15) is 5.82 Å². The minimum atomic E-state index is -0.361. The number of nitrogens with one attached hydrogen (secondary N) is 1. The van der Waals surface area contributed by atoms with Crippen LogP contribution in [0.1, 0.15) is 0 Å². The molecule has 0 bridgehead atoms. The zero-order valence-corrected chi connectivity index (χ0v) is 12.4. The van der Waals surface area contributed by atoms with E-state index >= 15 is 0 Å². The van der Waals surface area contributed by atoms with Crippen LogP contribution in [0.2, 0.25) is 0 Å². The van der Waals surface area contributed by atoms with Crippen LogP contribution in [-0.4, -0.2) is 55.5 Å². The van der Waals surface area contributed by atoms with E-state index < -0.39 is 0 Å². The van der Waals surface area contributed by atoms with E-state index in [9.17, 15) is 9.18 Å². The maximum Gasteiger partial charge on any atom is 0.241 e. The van der Waals surface area contributed by atoms with Gasteiger partial charge in [-0.3, -0.25) is 4.79 Å². The van der Waals surface area contributed by atoms with Gasteiger partial charge >= 0.3 is 0 Å². The van der Waals surface area contributed by atoms with E-state index in [0.717, 1.165) is 26.2 Å². The Balaban J connectivity index is 1.86. The van der Waals surface area contributed by atoms with Crippen molar-refractivity contribution in [3.8, 4) is 0 Å². The fourth-order valence-corrected chi connectivity index (χ4v) is 2.30. The van der Waals surface area contributed by atoms with Crippen molar-refractivity contribution in [3.63, 3.8) is 0 Å². The van der Waals surface area contributed by atoms with Gasteiger partial charge in [0, 0.05) is 30.7 Å². The monoisotopic (exact) mass is 329 g/mol. The highest BCUT2D eigenvalue weighted by atomic mass is 79.9. The lowest BCUT2D eigenvalue weighted by Crippen LogP contribution is -2.48. The molecule has 1 fully saturated rings. The van der Waals surface area contributed by atoms with Crippen molar-refractivity contribution in [2.75, 3.05) is 45.1 Å². The topological polar surface area (TPSA) is 35.6 Å². The number of halogens is 2. The van der Waals surface area contributed by atoms with Crippen LogP contribution in [0.15, 0.2) is 22.7 Å². The molecule has 6 heteroatoms. The smallest absolute Gasteiger partial charge is 0.241 e. The maximum atomic E-state index is 13.6. The summed E-state index contributed by atoms with van der Waals surface area (Å²) in [5, 5.41) is 2.85. The molecule has 0 atom stereocenters. The number of amides is 1. The van der Waals surface area contributed by atoms with Gasteiger partial charge in [0.05, 0.1) is 12.2 Å². The molecule has 104 valence electrons. The molecule has 0 spiro atoms. The molecule has 1 saturated heterocycles. The van der Waals surface area contributed by atoms with Crippen molar-refractivity contribution < 1.29 is 9.18 Å². The maximum absolute atomic E-state index is 13.6. The van der Waals surface area contributed by atoms with Gasteiger partial charge in [0.2, 0.25) is 5.91 Å². The van der Waals surface area contributed by atoms with Gasteiger partial charge in [-0.15, -0.1) is 0 Å². The van der Waals surface area contributed by atoms with E-state index in [1.807, 2.05) is 11.9 Å². The number of piperazine rings is 1. The fourth-order valence-electron chi connectivity index (χ4n) is 1.97. The highest BCUT2D eigenvalue weighted by Crippen LogP contribution is 2.19. The molecule has 1 aromatic carbocycles. The van der Waals surface area contributed by atoms with E-state index in [1.165, 1.54) is 6.07 Å². The van der Waals surface area contributed by atoms with Crippen molar-refractivity contribution in [2.24, 2.45) is 0 Å². The second-order valence-corrected chi connectivity index (χ2v) is 5.58. The number of carbonyl (C=O) groups is 1. The first kappa shape index (κ1) is 14.3. The molecular formula is C13H17BrFN3O. The molecule has 0 radical (unpaired) electrons. The first-order valence-corrected chi connectivity index (χ1v) is 7.01. The highest BCUT2D eigenvalue weighted by Gasteiger charge is 2.18. The lowest BCUT2D eigenvalue weighted by Gasteiger charge is -2.32. The van der Waals surface area contributed by atoms with E-state index in [-0.39, 0.29) is 18.3 Å². The summed E-state index contributed by atoms with van der Waals surface area (Å²) in [5.74, 6) is -0.351. The summed E-state index contributed by atoms with van der Waals surface area (Å²) in [5.41, 5.74) is 0.352. The molecule has 0 aliphatic carbocycles. The van der Waals surface area contributed by atoms with Crippen LogP contribution >= 0.6 is 15.9 Å². The van der Waals surface area contributed by atoms with E-state index in [4.69, 9.17) is 0 Å². The van der Waals surface area contributed by atoms with Crippen LogP contribution in [0.5, 0.6) is 0 Å².